The molecule has 1 amide bonds. The molecular formula is C23H33NO3. The summed E-state index contributed by atoms with van der Waals surface area (Å²) in [5, 5.41) is 0. The van der Waals surface area contributed by atoms with Gasteiger partial charge in [-0.15, -0.1) is 0 Å². The van der Waals surface area contributed by atoms with Crippen LogP contribution in [0.5, 0.6) is 5.75 Å². The van der Waals surface area contributed by atoms with Gasteiger partial charge in [-0.25, -0.2) is 4.79 Å². The molecule has 4 nitrogen and oxygen atoms in total. The highest BCUT2D eigenvalue weighted by atomic mass is 16.6. The third kappa shape index (κ3) is 5.27. The van der Waals surface area contributed by atoms with E-state index in [0.717, 1.165) is 31.4 Å². The van der Waals surface area contributed by atoms with Crippen LogP contribution in [0.25, 0.3) is 6.08 Å². The largest absolute Gasteiger partial charge is 0.490 e. The molecule has 0 radical (unpaired) electrons. The van der Waals surface area contributed by atoms with Gasteiger partial charge in [0.05, 0.1) is 0 Å². The second-order valence-corrected chi connectivity index (χ2v) is 9.16. The van der Waals surface area contributed by atoms with E-state index in [-0.39, 0.29) is 24.3 Å². The van der Waals surface area contributed by atoms with Crippen LogP contribution in [-0.4, -0.2) is 34.8 Å². The van der Waals surface area contributed by atoms with Crippen LogP contribution in [-0.2, 0) is 4.74 Å². The summed E-state index contributed by atoms with van der Waals surface area (Å²) in [7, 11) is 0. The molecule has 27 heavy (non-hydrogen) atoms. The summed E-state index contributed by atoms with van der Waals surface area (Å²) in [4.78, 5) is 14.5. The van der Waals surface area contributed by atoms with Crippen LogP contribution < -0.4 is 4.74 Å². The van der Waals surface area contributed by atoms with E-state index in [1.54, 1.807) is 0 Å². The molecule has 0 saturated carbocycles. The number of amides is 1. The Hall–Kier alpha value is -1.97. The van der Waals surface area contributed by atoms with Gasteiger partial charge in [-0.2, -0.15) is 0 Å². The quantitative estimate of drug-likeness (QED) is 0.685. The SMILES string of the molecule is CC(C)/C=C/c1ccc(OC2C[C@H]3CC[C@@H](C2)N3C(=O)OC(C)(C)C)cc1. The minimum atomic E-state index is -0.449. The number of hydrogen-bond acceptors (Lipinski definition) is 3. The highest BCUT2D eigenvalue weighted by Gasteiger charge is 2.45. The van der Waals surface area contributed by atoms with E-state index in [1.165, 1.54) is 5.56 Å². The summed E-state index contributed by atoms with van der Waals surface area (Å²) < 4.78 is 11.8. The number of carbonyl (C=O) groups excluding carboxylic acids is 1. The molecule has 1 unspecified atom stereocenters. The first-order chi connectivity index (χ1) is 12.7. The Morgan fingerprint density at radius 2 is 1.70 bits per heavy atom. The van der Waals surface area contributed by atoms with Crippen molar-refractivity contribution in [3.8, 4) is 5.75 Å². The van der Waals surface area contributed by atoms with Gasteiger partial charge in [0.1, 0.15) is 17.5 Å². The molecule has 2 aliphatic heterocycles. The van der Waals surface area contributed by atoms with Crippen LogP contribution in [0.15, 0.2) is 30.3 Å². The molecule has 2 saturated heterocycles. The molecule has 2 fully saturated rings. The van der Waals surface area contributed by atoms with Crippen LogP contribution in [0.1, 0.15) is 65.9 Å². The lowest BCUT2D eigenvalue weighted by Gasteiger charge is -2.39. The molecule has 0 aromatic heterocycles. The first-order valence-corrected chi connectivity index (χ1v) is 10.2. The lowest BCUT2D eigenvalue weighted by atomic mass is 10.00. The predicted molar refractivity (Wildman–Crippen MR) is 109 cm³/mol. The Balaban J connectivity index is 1.58. The van der Waals surface area contributed by atoms with Crippen molar-refractivity contribution in [2.45, 2.75) is 84.1 Å². The number of hydrogen-bond donors (Lipinski definition) is 0. The molecule has 3 rings (SSSR count). The average molecular weight is 372 g/mol. The normalized spacial score (nSPS) is 25.3. The maximum Gasteiger partial charge on any atom is 0.410 e. The fourth-order valence-corrected chi connectivity index (χ4v) is 3.99. The number of allylic oxidation sites excluding steroid dienone is 1. The molecular weight excluding hydrogens is 338 g/mol. The van der Waals surface area contributed by atoms with E-state index in [0.29, 0.717) is 5.92 Å². The molecule has 2 heterocycles. The van der Waals surface area contributed by atoms with Gasteiger partial charge in [0.15, 0.2) is 0 Å². The topological polar surface area (TPSA) is 38.8 Å². The average Bonchev–Trinajstić information content (AvgIpc) is 2.84. The highest BCUT2D eigenvalue weighted by molar-refractivity contribution is 5.69. The Morgan fingerprint density at radius 1 is 1.11 bits per heavy atom. The number of carbonyl (C=O) groups is 1. The van der Waals surface area contributed by atoms with Gasteiger partial charge in [-0.1, -0.05) is 38.1 Å². The van der Waals surface area contributed by atoms with Crippen molar-refractivity contribution in [3.05, 3.63) is 35.9 Å². The molecule has 1 aromatic rings. The summed E-state index contributed by atoms with van der Waals surface area (Å²) in [5.74, 6) is 1.46. The predicted octanol–water partition coefficient (Wildman–Crippen LogP) is 5.67. The minimum absolute atomic E-state index is 0.165. The zero-order valence-electron chi connectivity index (χ0n) is 17.3. The van der Waals surface area contributed by atoms with Crippen molar-refractivity contribution < 1.29 is 14.3 Å². The molecule has 0 spiro atoms. The van der Waals surface area contributed by atoms with Gasteiger partial charge in [-0.3, -0.25) is 0 Å². The van der Waals surface area contributed by atoms with Crippen molar-refractivity contribution in [1.82, 2.24) is 4.90 Å². The number of benzene rings is 1. The summed E-state index contributed by atoms with van der Waals surface area (Å²) in [6.07, 6.45) is 8.18. The molecule has 0 N–H and O–H groups in total. The second kappa shape index (κ2) is 7.95. The molecule has 3 atom stereocenters. The zero-order valence-corrected chi connectivity index (χ0v) is 17.3. The van der Waals surface area contributed by atoms with E-state index >= 15 is 0 Å². The van der Waals surface area contributed by atoms with Crippen molar-refractivity contribution >= 4 is 12.2 Å². The van der Waals surface area contributed by atoms with Crippen molar-refractivity contribution in [1.29, 1.82) is 0 Å². The second-order valence-electron chi connectivity index (χ2n) is 9.16. The third-order valence-corrected chi connectivity index (χ3v) is 5.15. The maximum atomic E-state index is 12.5. The third-order valence-electron chi connectivity index (χ3n) is 5.15. The summed E-state index contributed by atoms with van der Waals surface area (Å²) in [5.41, 5.74) is 0.742. The summed E-state index contributed by atoms with van der Waals surface area (Å²) in [6, 6.07) is 8.75. The van der Waals surface area contributed by atoms with E-state index in [1.807, 2.05) is 37.8 Å². The zero-order chi connectivity index (χ0) is 19.6. The molecule has 4 heteroatoms. The van der Waals surface area contributed by atoms with E-state index in [4.69, 9.17) is 9.47 Å². The molecule has 2 aliphatic rings. The van der Waals surface area contributed by atoms with Gasteiger partial charge in [-0.05, 0) is 57.2 Å². The Kier molecular flexibility index (Phi) is 5.83. The number of piperidine rings is 1. The van der Waals surface area contributed by atoms with E-state index in [9.17, 15) is 4.79 Å². The highest BCUT2D eigenvalue weighted by Crippen LogP contribution is 2.38. The summed E-state index contributed by atoms with van der Waals surface area (Å²) >= 11 is 0. The van der Waals surface area contributed by atoms with Gasteiger partial charge >= 0.3 is 6.09 Å². The fraction of sp³-hybridized carbons (Fsp3) is 0.609. The van der Waals surface area contributed by atoms with Crippen LogP contribution >= 0.6 is 0 Å². The van der Waals surface area contributed by atoms with Crippen molar-refractivity contribution in [2.24, 2.45) is 5.92 Å². The Bertz CT molecular complexity index is 658. The van der Waals surface area contributed by atoms with Gasteiger partial charge in [0.25, 0.3) is 0 Å². The first kappa shape index (κ1) is 19.8. The van der Waals surface area contributed by atoms with Crippen molar-refractivity contribution in [2.75, 3.05) is 0 Å². The lowest BCUT2D eigenvalue weighted by Crippen LogP contribution is -2.50. The Labute approximate surface area is 163 Å². The van der Waals surface area contributed by atoms with Gasteiger partial charge in [0.2, 0.25) is 0 Å². The van der Waals surface area contributed by atoms with Crippen LogP contribution in [0, 0.1) is 5.92 Å². The van der Waals surface area contributed by atoms with Crippen LogP contribution in [0.2, 0.25) is 0 Å². The minimum Gasteiger partial charge on any atom is -0.490 e. The smallest absolute Gasteiger partial charge is 0.410 e. The number of nitrogens with zero attached hydrogens (tertiary/aromatic N) is 1. The number of fused-ring (bicyclic) bond motifs is 2. The summed E-state index contributed by atoms with van der Waals surface area (Å²) in [6.45, 7) is 10.1. The van der Waals surface area contributed by atoms with E-state index < -0.39 is 5.60 Å². The van der Waals surface area contributed by atoms with Gasteiger partial charge < -0.3 is 14.4 Å². The van der Waals surface area contributed by atoms with Gasteiger partial charge in [0, 0.05) is 24.9 Å². The molecule has 1 aromatic carbocycles. The molecule has 0 aliphatic carbocycles. The number of rotatable bonds is 4. The molecule has 2 bridgehead atoms. The number of ether oxygens (including phenoxy) is 2. The standard InChI is InChI=1S/C23H33NO3/c1-16(2)6-7-17-8-12-20(13-9-17)26-21-14-18-10-11-19(15-21)24(18)22(25)27-23(3,4)5/h6-9,12-13,16,18-19,21H,10-11,14-15H2,1-5H3/b7-6+/t18-,19+,21?. The van der Waals surface area contributed by atoms with E-state index in [2.05, 4.69) is 38.1 Å². The van der Waals surface area contributed by atoms with Crippen molar-refractivity contribution in [3.63, 3.8) is 0 Å². The first-order valence-electron chi connectivity index (χ1n) is 10.2. The van der Waals surface area contributed by atoms with Crippen LogP contribution in [0.3, 0.4) is 0 Å². The maximum absolute atomic E-state index is 12.5. The monoisotopic (exact) mass is 371 g/mol. The van der Waals surface area contributed by atoms with Crippen LogP contribution in [0.4, 0.5) is 4.79 Å². The lowest BCUT2D eigenvalue weighted by molar-refractivity contribution is -0.00707. The Morgan fingerprint density at radius 3 is 2.22 bits per heavy atom. The molecule has 148 valence electrons. The fourth-order valence-electron chi connectivity index (χ4n) is 3.99.